The molecule has 3 nitrogen and oxygen atoms in total. The summed E-state index contributed by atoms with van der Waals surface area (Å²) in [5, 5.41) is 11.5. The van der Waals surface area contributed by atoms with Gasteiger partial charge >= 0.3 is 0 Å². The second-order valence-corrected chi connectivity index (χ2v) is 5.05. The van der Waals surface area contributed by atoms with Crippen LogP contribution in [0.4, 0.5) is 0 Å². The van der Waals surface area contributed by atoms with E-state index in [0.717, 1.165) is 16.9 Å². The molecule has 1 amide bonds. The van der Waals surface area contributed by atoms with E-state index in [9.17, 15) is 4.79 Å². The summed E-state index contributed by atoms with van der Waals surface area (Å²) in [6.45, 7) is 5.96. The van der Waals surface area contributed by atoms with Gasteiger partial charge in [0.1, 0.15) is 0 Å². The van der Waals surface area contributed by atoms with Gasteiger partial charge in [0.2, 0.25) is 0 Å². The van der Waals surface area contributed by atoms with Crippen LogP contribution >= 0.6 is 11.3 Å². The van der Waals surface area contributed by atoms with Crippen LogP contribution in [0.5, 0.6) is 0 Å². The van der Waals surface area contributed by atoms with Gasteiger partial charge < -0.3 is 5.32 Å². The number of hydrogen-bond donors (Lipinski definition) is 1. The van der Waals surface area contributed by atoms with E-state index in [4.69, 9.17) is 5.26 Å². The molecule has 0 radical (unpaired) electrons. The molecular formula is C12H16N2OS. The number of rotatable bonds is 4. The first kappa shape index (κ1) is 12.7. The number of hydrogen-bond acceptors (Lipinski definition) is 3. The summed E-state index contributed by atoms with van der Waals surface area (Å²) in [4.78, 5) is 13.7. The van der Waals surface area contributed by atoms with Crippen molar-refractivity contribution >= 4 is 17.2 Å². The average molecular weight is 236 g/mol. The first-order chi connectivity index (χ1) is 7.58. The van der Waals surface area contributed by atoms with Crippen molar-refractivity contribution in [1.82, 2.24) is 5.32 Å². The number of carbonyl (C=O) groups is 1. The number of nitrogens with zero attached hydrogens (tertiary/aromatic N) is 1. The van der Waals surface area contributed by atoms with Crippen LogP contribution in [-0.2, 0) is 0 Å². The lowest BCUT2D eigenvalue weighted by molar-refractivity contribution is 0.0940. The van der Waals surface area contributed by atoms with Crippen LogP contribution in [-0.4, -0.2) is 11.9 Å². The lowest BCUT2D eigenvalue weighted by Gasteiger charge is -2.12. The molecule has 0 saturated heterocycles. The van der Waals surface area contributed by atoms with Gasteiger partial charge in [-0.1, -0.05) is 6.92 Å². The van der Waals surface area contributed by atoms with E-state index in [1.165, 1.54) is 16.2 Å². The molecule has 1 rings (SSSR count). The van der Waals surface area contributed by atoms with Crippen LogP contribution in [0, 0.1) is 25.2 Å². The molecule has 1 heterocycles. The maximum atomic E-state index is 11.8. The SMILES string of the molecule is CCC(CC#N)NC(=O)c1cc(C)c(C)s1. The Morgan fingerprint density at radius 2 is 2.31 bits per heavy atom. The average Bonchev–Trinajstić information content (AvgIpc) is 2.58. The van der Waals surface area contributed by atoms with Crippen molar-refractivity contribution in [2.45, 2.75) is 39.7 Å². The fourth-order valence-electron chi connectivity index (χ4n) is 1.35. The summed E-state index contributed by atoms with van der Waals surface area (Å²) in [5.41, 5.74) is 1.14. The van der Waals surface area contributed by atoms with Crippen molar-refractivity contribution in [3.63, 3.8) is 0 Å². The highest BCUT2D eigenvalue weighted by molar-refractivity contribution is 7.14. The zero-order valence-corrected chi connectivity index (χ0v) is 10.6. The van der Waals surface area contributed by atoms with Crippen LogP contribution in [0.2, 0.25) is 0 Å². The fraction of sp³-hybridized carbons (Fsp3) is 0.500. The smallest absolute Gasteiger partial charge is 0.261 e. The number of carbonyl (C=O) groups excluding carboxylic acids is 1. The molecule has 0 aliphatic carbocycles. The van der Waals surface area contributed by atoms with E-state index in [0.29, 0.717) is 6.42 Å². The Balaban J connectivity index is 2.68. The molecule has 1 aromatic heterocycles. The van der Waals surface area contributed by atoms with Gasteiger partial charge in [0.15, 0.2) is 0 Å². The van der Waals surface area contributed by atoms with Crippen molar-refractivity contribution in [3.8, 4) is 6.07 Å². The largest absolute Gasteiger partial charge is 0.348 e. The maximum absolute atomic E-state index is 11.8. The van der Waals surface area contributed by atoms with E-state index in [2.05, 4.69) is 11.4 Å². The molecule has 16 heavy (non-hydrogen) atoms. The summed E-state index contributed by atoms with van der Waals surface area (Å²) in [7, 11) is 0. The monoisotopic (exact) mass is 236 g/mol. The minimum Gasteiger partial charge on any atom is -0.348 e. The van der Waals surface area contributed by atoms with Crippen molar-refractivity contribution in [2.75, 3.05) is 0 Å². The summed E-state index contributed by atoms with van der Waals surface area (Å²) in [6.07, 6.45) is 1.15. The summed E-state index contributed by atoms with van der Waals surface area (Å²) < 4.78 is 0. The number of nitriles is 1. The van der Waals surface area contributed by atoms with Gasteiger partial charge in [-0.2, -0.15) is 5.26 Å². The van der Waals surface area contributed by atoms with E-state index in [-0.39, 0.29) is 11.9 Å². The van der Waals surface area contributed by atoms with Gasteiger partial charge in [-0.15, -0.1) is 11.3 Å². The van der Waals surface area contributed by atoms with Gasteiger partial charge in [0.25, 0.3) is 5.91 Å². The Hall–Kier alpha value is -1.34. The summed E-state index contributed by atoms with van der Waals surface area (Å²) in [6, 6.07) is 3.94. The normalized spacial score (nSPS) is 11.9. The number of aryl methyl sites for hydroxylation is 2. The molecule has 0 aliphatic heterocycles. The van der Waals surface area contributed by atoms with Crippen molar-refractivity contribution in [1.29, 1.82) is 5.26 Å². The van der Waals surface area contributed by atoms with Crippen LogP contribution in [0.3, 0.4) is 0 Å². The minimum absolute atomic E-state index is 0.0415. The molecule has 0 saturated carbocycles. The molecule has 0 spiro atoms. The lowest BCUT2D eigenvalue weighted by atomic mass is 10.1. The number of nitrogens with one attached hydrogen (secondary N) is 1. The van der Waals surface area contributed by atoms with Gasteiger partial charge in [0, 0.05) is 10.9 Å². The third kappa shape index (κ3) is 3.07. The fourth-order valence-corrected chi connectivity index (χ4v) is 2.29. The van der Waals surface area contributed by atoms with Crippen LogP contribution in [0.1, 0.15) is 39.9 Å². The Morgan fingerprint density at radius 1 is 1.62 bits per heavy atom. The first-order valence-electron chi connectivity index (χ1n) is 5.33. The Bertz CT molecular complexity index is 398. The highest BCUT2D eigenvalue weighted by Gasteiger charge is 2.14. The molecule has 0 fully saturated rings. The first-order valence-corrected chi connectivity index (χ1v) is 6.15. The van der Waals surface area contributed by atoms with Crippen LogP contribution in [0.15, 0.2) is 6.07 Å². The molecular weight excluding hydrogens is 220 g/mol. The Labute approximate surface area is 100 Å². The molecule has 1 aromatic rings. The molecule has 1 N–H and O–H groups in total. The predicted octanol–water partition coefficient (Wildman–Crippen LogP) is 2.79. The van der Waals surface area contributed by atoms with E-state index >= 15 is 0 Å². The van der Waals surface area contributed by atoms with E-state index < -0.39 is 0 Å². The van der Waals surface area contributed by atoms with Gasteiger partial charge in [-0.25, -0.2) is 0 Å². The molecule has 86 valence electrons. The quantitative estimate of drug-likeness (QED) is 0.874. The summed E-state index contributed by atoms with van der Waals surface area (Å²) >= 11 is 1.50. The summed E-state index contributed by atoms with van der Waals surface area (Å²) in [5.74, 6) is -0.0664. The standard InChI is InChI=1S/C12H16N2OS/c1-4-10(5-6-13)14-12(15)11-7-8(2)9(3)16-11/h7,10H,4-5H2,1-3H3,(H,14,15). The van der Waals surface area contributed by atoms with Crippen LogP contribution < -0.4 is 5.32 Å². The minimum atomic E-state index is -0.0664. The second kappa shape index (κ2) is 5.66. The number of thiophene rings is 1. The van der Waals surface area contributed by atoms with Gasteiger partial charge in [-0.05, 0) is 31.9 Å². The zero-order valence-electron chi connectivity index (χ0n) is 9.83. The maximum Gasteiger partial charge on any atom is 0.261 e. The van der Waals surface area contributed by atoms with Crippen molar-refractivity contribution < 1.29 is 4.79 Å². The third-order valence-corrected chi connectivity index (χ3v) is 3.71. The lowest BCUT2D eigenvalue weighted by Crippen LogP contribution is -2.33. The van der Waals surface area contributed by atoms with E-state index in [1.54, 1.807) is 0 Å². The second-order valence-electron chi connectivity index (χ2n) is 3.79. The molecule has 1 unspecified atom stereocenters. The topological polar surface area (TPSA) is 52.9 Å². The highest BCUT2D eigenvalue weighted by atomic mass is 32.1. The van der Waals surface area contributed by atoms with Gasteiger partial charge in [-0.3, -0.25) is 4.79 Å². The van der Waals surface area contributed by atoms with E-state index in [1.807, 2.05) is 26.8 Å². The van der Waals surface area contributed by atoms with Crippen molar-refractivity contribution in [2.24, 2.45) is 0 Å². The number of amides is 1. The zero-order chi connectivity index (χ0) is 12.1. The van der Waals surface area contributed by atoms with Crippen molar-refractivity contribution in [3.05, 3.63) is 21.4 Å². The Morgan fingerprint density at radius 3 is 2.75 bits per heavy atom. The molecule has 4 heteroatoms. The van der Waals surface area contributed by atoms with Crippen LogP contribution in [0.25, 0.3) is 0 Å². The molecule has 1 atom stereocenters. The molecule has 0 aliphatic rings. The van der Waals surface area contributed by atoms with Gasteiger partial charge in [0.05, 0.1) is 17.4 Å². The molecule has 0 aromatic carbocycles. The predicted molar refractivity (Wildman–Crippen MR) is 65.6 cm³/mol. The Kier molecular flexibility index (Phi) is 4.51. The molecule has 0 bridgehead atoms. The highest BCUT2D eigenvalue weighted by Crippen LogP contribution is 2.20. The third-order valence-electron chi connectivity index (χ3n) is 2.56.